The van der Waals surface area contributed by atoms with E-state index in [0.717, 1.165) is 45.0 Å². The van der Waals surface area contributed by atoms with Gasteiger partial charge in [-0.25, -0.2) is 0 Å². The molecule has 0 aromatic heterocycles. The highest BCUT2D eigenvalue weighted by Gasteiger charge is 2.27. The van der Waals surface area contributed by atoms with Crippen molar-refractivity contribution in [1.29, 1.82) is 0 Å². The number of morpholine rings is 1. The highest BCUT2D eigenvalue weighted by Crippen LogP contribution is 2.17. The van der Waals surface area contributed by atoms with Gasteiger partial charge in [0, 0.05) is 19.6 Å². The quantitative estimate of drug-likeness (QED) is 0.713. The van der Waals surface area contributed by atoms with E-state index in [0.29, 0.717) is 6.61 Å². The zero-order chi connectivity index (χ0) is 11.4. The first-order chi connectivity index (χ1) is 7.77. The van der Waals surface area contributed by atoms with Crippen LogP contribution in [0, 0.1) is 5.92 Å². The monoisotopic (exact) mass is 226 g/mol. The van der Waals surface area contributed by atoms with Crippen LogP contribution in [0.15, 0.2) is 0 Å². The molecule has 1 N–H and O–H groups in total. The van der Waals surface area contributed by atoms with Crippen molar-refractivity contribution < 1.29 is 9.53 Å². The Morgan fingerprint density at radius 1 is 1.38 bits per heavy atom. The topological polar surface area (TPSA) is 41.6 Å². The number of hydrogen-bond donors (Lipinski definition) is 1. The molecule has 4 nitrogen and oxygen atoms in total. The zero-order valence-electron chi connectivity index (χ0n) is 10.1. The van der Waals surface area contributed by atoms with E-state index in [2.05, 4.69) is 12.2 Å². The molecule has 2 fully saturated rings. The minimum absolute atomic E-state index is 0.109. The molecule has 2 aliphatic heterocycles. The largest absolute Gasteiger partial charge is 0.378 e. The van der Waals surface area contributed by atoms with E-state index < -0.39 is 0 Å². The summed E-state index contributed by atoms with van der Waals surface area (Å²) >= 11 is 0. The van der Waals surface area contributed by atoms with E-state index in [1.54, 1.807) is 0 Å². The smallest absolute Gasteiger partial charge is 0.242 e. The first-order valence-corrected chi connectivity index (χ1v) is 6.37. The van der Waals surface area contributed by atoms with Crippen molar-refractivity contribution in [3.8, 4) is 0 Å². The maximum atomic E-state index is 12.2. The summed E-state index contributed by atoms with van der Waals surface area (Å²) in [5.41, 5.74) is 0. The number of nitrogens with zero attached hydrogens (tertiary/aromatic N) is 1. The van der Waals surface area contributed by atoms with Crippen LogP contribution in [0.4, 0.5) is 0 Å². The Bertz CT molecular complexity index is 239. The number of amides is 1. The van der Waals surface area contributed by atoms with Gasteiger partial charge in [0.1, 0.15) is 6.04 Å². The first-order valence-electron chi connectivity index (χ1n) is 6.37. The fourth-order valence-corrected chi connectivity index (χ4v) is 2.43. The molecule has 2 rings (SSSR count). The number of carbonyl (C=O) groups is 1. The van der Waals surface area contributed by atoms with Gasteiger partial charge in [0.2, 0.25) is 5.91 Å². The highest BCUT2D eigenvalue weighted by molar-refractivity contribution is 5.82. The van der Waals surface area contributed by atoms with Crippen LogP contribution in [0.3, 0.4) is 0 Å². The number of ether oxygens (including phenoxy) is 1. The third kappa shape index (κ3) is 2.95. The van der Waals surface area contributed by atoms with Gasteiger partial charge in [-0.1, -0.05) is 6.92 Å². The van der Waals surface area contributed by atoms with Crippen LogP contribution in [0.25, 0.3) is 0 Å². The van der Waals surface area contributed by atoms with E-state index in [-0.39, 0.29) is 11.9 Å². The van der Waals surface area contributed by atoms with Crippen LogP contribution >= 0.6 is 0 Å². The number of likely N-dealkylation sites (tertiary alicyclic amines) is 1. The van der Waals surface area contributed by atoms with Crippen molar-refractivity contribution in [2.75, 3.05) is 32.8 Å². The van der Waals surface area contributed by atoms with Gasteiger partial charge in [-0.15, -0.1) is 0 Å². The fourth-order valence-electron chi connectivity index (χ4n) is 2.43. The molecule has 0 aromatic carbocycles. The van der Waals surface area contributed by atoms with Crippen molar-refractivity contribution in [3.63, 3.8) is 0 Å². The van der Waals surface area contributed by atoms with Crippen LogP contribution in [0.1, 0.15) is 26.2 Å². The Morgan fingerprint density at radius 3 is 3.00 bits per heavy atom. The Labute approximate surface area is 97.3 Å². The molecule has 92 valence electrons. The molecule has 2 aliphatic rings. The third-order valence-corrected chi connectivity index (χ3v) is 3.55. The van der Waals surface area contributed by atoms with Gasteiger partial charge in [0.15, 0.2) is 0 Å². The highest BCUT2D eigenvalue weighted by atomic mass is 16.5. The zero-order valence-corrected chi connectivity index (χ0v) is 10.1. The lowest BCUT2D eigenvalue weighted by Gasteiger charge is -2.29. The summed E-state index contributed by atoms with van der Waals surface area (Å²) in [6, 6.07) is -0.109. The SMILES string of the molecule is CC1CCCN(C(=O)C2COCCN2)CC1. The molecule has 16 heavy (non-hydrogen) atoms. The lowest BCUT2D eigenvalue weighted by molar-refractivity contribution is -0.136. The van der Waals surface area contributed by atoms with E-state index in [9.17, 15) is 4.79 Å². The Balaban J connectivity index is 1.87. The number of carbonyl (C=O) groups excluding carboxylic acids is 1. The standard InChI is InChI=1S/C12H22N2O2/c1-10-3-2-6-14(7-4-10)12(15)11-9-16-8-5-13-11/h10-11,13H,2-9H2,1H3. The molecule has 2 unspecified atom stereocenters. The summed E-state index contributed by atoms with van der Waals surface area (Å²) in [5, 5.41) is 3.23. The average Bonchev–Trinajstić information content (AvgIpc) is 2.54. The lowest BCUT2D eigenvalue weighted by Crippen LogP contribution is -2.52. The van der Waals surface area contributed by atoms with Gasteiger partial charge in [0.05, 0.1) is 13.2 Å². The number of hydrogen-bond acceptors (Lipinski definition) is 3. The fraction of sp³-hybridized carbons (Fsp3) is 0.917. The van der Waals surface area contributed by atoms with Crippen LogP contribution in [0.5, 0.6) is 0 Å². The molecule has 4 heteroatoms. The predicted molar refractivity (Wildman–Crippen MR) is 62.2 cm³/mol. The molecule has 1 amide bonds. The van der Waals surface area contributed by atoms with Crippen LogP contribution < -0.4 is 5.32 Å². The van der Waals surface area contributed by atoms with Crippen molar-refractivity contribution in [2.45, 2.75) is 32.2 Å². The summed E-state index contributed by atoms with van der Waals surface area (Å²) < 4.78 is 5.34. The molecule has 2 atom stereocenters. The average molecular weight is 226 g/mol. The van der Waals surface area contributed by atoms with Gasteiger partial charge in [0.25, 0.3) is 0 Å². The minimum Gasteiger partial charge on any atom is -0.378 e. The van der Waals surface area contributed by atoms with E-state index in [1.807, 2.05) is 4.90 Å². The van der Waals surface area contributed by atoms with Crippen molar-refractivity contribution in [1.82, 2.24) is 10.2 Å². The summed E-state index contributed by atoms with van der Waals surface area (Å²) in [5.74, 6) is 0.988. The molecule has 0 aromatic rings. The molecular formula is C12H22N2O2. The van der Waals surface area contributed by atoms with E-state index in [4.69, 9.17) is 4.74 Å². The third-order valence-electron chi connectivity index (χ3n) is 3.55. The summed E-state index contributed by atoms with van der Waals surface area (Å²) in [6.45, 7) is 6.15. The maximum absolute atomic E-state index is 12.2. The van der Waals surface area contributed by atoms with Gasteiger partial charge in [-0.05, 0) is 25.2 Å². The molecule has 0 aliphatic carbocycles. The van der Waals surface area contributed by atoms with E-state index in [1.165, 1.54) is 6.42 Å². The lowest BCUT2D eigenvalue weighted by atomic mass is 10.0. The van der Waals surface area contributed by atoms with Crippen LogP contribution in [0.2, 0.25) is 0 Å². The van der Waals surface area contributed by atoms with E-state index >= 15 is 0 Å². The van der Waals surface area contributed by atoms with Gasteiger partial charge in [-0.2, -0.15) is 0 Å². The number of rotatable bonds is 1. The summed E-state index contributed by atoms with van der Waals surface area (Å²) in [7, 11) is 0. The molecule has 0 spiro atoms. The van der Waals surface area contributed by atoms with Crippen LogP contribution in [-0.2, 0) is 9.53 Å². The first kappa shape index (κ1) is 11.9. The molecule has 0 radical (unpaired) electrons. The molecule has 2 saturated heterocycles. The molecule has 0 bridgehead atoms. The number of nitrogens with one attached hydrogen (secondary N) is 1. The molecule has 2 heterocycles. The molecular weight excluding hydrogens is 204 g/mol. The van der Waals surface area contributed by atoms with Crippen molar-refractivity contribution in [2.24, 2.45) is 5.92 Å². The van der Waals surface area contributed by atoms with Gasteiger partial charge >= 0.3 is 0 Å². The Kier molecular flexibility index (Phi) is 4.18. The second-order valence-corrected chi connectivity index (χ2v) is 4.94. The van der Waals surface area contributed by atoms with Crippen LogP contribution in [-0.4, -0.2) is 49.7 Å². The second kappa shape index (κ2) is 5.64. The van der Waals surface area contributed by atoms with Crippen molar-refractivity contribution >= 4 is 5.91 Å². The minimum atomic E-state index is -0.109. The summed E-state index contributed by atoms with van der Waals surface area (Å²) in [4.78, 5) is 14.2. The molecule has 0 saturated carbocycles. The van der Waals surface area contributed by atoms with Gasteiger partial charge in [-0.3, -0.25) is 4.79 Å². The Hall–Kier alpha value is -0.610. The normalized spacial score (nSPS) is 32.2. The summed E-state index contributed by atoms with van der Waals surface area (Å²) in [6.07, 6.45) is 3.53. The maximum Gasteiger partial charge on any atom is 0.242 e. The predicted octanol–water partition coefficient (Wildman–Crippen LogP) is 0.623. The van der Waals surface area contributed by atoms with Crippen molar-refractivity contribution in [3.05, 3.63) is 0 Å². The second-order valence-electron chi connectivity index (χ2n) is 4.94. The van der Waals surface area contributed by atoms with Gasteiger partial charge < -0.3 is 15.0 Å². The Morgan fingerprint density at radius 2 is 2.25 bits per heavy atom.